The second kappa shape index (κ2) is 6.68. The molecule has 0 aliphatic carbocycles. The summed E-state index contributed by atoms with van der Waals surface area (Å²) in [4.78, 5) is 8.54. The minimum Gasteiger partial charge on any atom is -0.395 e. The van der Waals surface area contributed by atoms with E-state index in [0.717, 1.165) is 11.4 Å². The predicted octanol–water partition coefficient (Wildman–Crippen LogP) is 1.30. The van der Waals surface area contributed by atoms with Crippen molar-refractivity contribution in [3.8, 4) is 0 Å². The number of para-hydroxylation sites is 1. The van der Waals surface area contributed by atoms with Gasteiger partial charge >= 0.3 is 0 Å². The summed E-state index contributed by atoms with van der Waals surface area (Å²) >= 11 is 0. The Hall–Kier alpha value is -1.98. The number of anilines is 2. The van der Waals surface area contributed by atoms with Crippen molar-refractivity contribution in [2.45, 2.75) is 6.54 Å². The summed E-state index contributed by atoms with van der Waals surface area (Å²) in [7, 11) is 0. The molecule has 0 atom stereocenters. The molecule has 2 aromatic rings. The summed E-state index contributed by atoms with van der Waals surface area (Å²) in [5, 5.41) is 14.9. The molecular weight excluding hydrogens is 228 g/mol. The number of hydrogen-bond donors (Lipinski definition) is 3. The third-order valence-electron chi connectivity index (χ3n) is 2.34. The van der Waals surface area contributed by atoms with Gasteiger partial charge in [-0.1, -0.05) is 18.2 Å². The van der Waals surface area contributed by atoms with Crippen molar-refractivity contribution in [1.29, 1.82) is 0 Å². The van der Waals surface area contributed by atoms with Gasteiger partial charge in [-0.25, -0.2) is 9.97 Å². The van der Waals surface area contributed by atoms with E-state index in [1.165, 1.54) is 0 Å². The molecule has 0 saturated carbocycles. The minimum absolute atomic E-state index is 0.125. The molecule has 0 aliphatic heterocycles. The Morgan fingerprint density at radius 1 is 1.11 bits per heavy atom. The maximum absolute atomic E-state index is 8.69. The highest BCUT2D eigenvalue weighted by molar-refractivity contribution is 5.52. The number of nitrogens with zero attached hydrogens (tertiary/aromatic N) is 2. The average molecular weight is 244 g/mol. The van der Waals surface area contributed by atoms with Gasteiger partial charge in [0.1, 0.15) is 0 Å². The van der Waals surface area contributed by atoms with Crippen molar-refractivity contribution in [2.24, 2.45) is 0 Å². The fourth-order valence-electron chi connectivity index (χ4n) is 1.50. The quantitative estimate of drug-likeness (QED) is 0.668. The van der Waals surface area contributed by atoms with Crippen LogP contribution in [-0.2, 0) is 6.54 Å². The van der Waals surface area contributed by atoms with Crippen LogP contribution in [0.5, 0.6) is 0 Å². The molecule has 0 saturated heterocycles. The van der Waals surface area contributed by atoms with Gasteiger partial charge in [0.2, 0.25) is 5.95 Å². The van der Waals surface area contributed by atoms with Crippen molar-refractivity contribution >= 4 is 11.6 Å². The van der Waals surface area contributed by atoms with Crippen LogP contribution in [0.15, 0.2) is 42.6 Å². The summed E-state index contributed by atoms with van der Waals surface area (Å²) in [6, 6.07) is 11.6. The van der Waals surface area contributed by atoms with Crippen LogP contribution in [0, 0.1) is 0 Å². The normalized spacial score (nSPS) is 10.3. The molecule has 2 rings (SSSR count). The predicted molar refractivity (Wildman–Crippen MR) is 70.5 cm³/mol. The van der Waals surface area contributed by atoms with Gasteiger partial charge in [-0.15, -0.1) is 0 Å². The van der Waals surface area contributed by atoms with Crippen LogP contribution in [0.2, 0.25) is 0 Å². The van der Waals surface area contributed by atoms with E-state index in [1.807, 2.05) is 36.4 Å². The van der Waals surface area contributed by atoms with Crippen molar-refractivity contribution < 1.29 is 5.11 Å². The first kappa shape index (κ1) is 12.5. The fraction of sp³-hybridized carbons (Fsp3) is 0.231. The molecule has 0 spiro atoms. The lowest BCUT2D eigenvalue weighted by atomic mass is 10.3. The Morgan fingerprint density at radius 3 is 2.72 bits per heavy atom. The molecule has 0 aliphatic rings. The van der Waals surface area contributed by atoms with Gasteiger partial charge in [0.05, 0.1) is 12.3 Å². The zero-order valence-corrected chi connectivity index (χ0v) is 10.0. The summed E-state index contributed by atoms with van der Waals surface area (Å²) in [5.74, 6) is 0.574. The Balaban J connectivity index is 1.99. The number of nitrogens with one attached hydrogen (secondary N) is 2. The molecule has 1 aromatic carbocycles. The second-order valence-electron chi connectivity index (χ2n) is 3.76. The van der Waals surface area contributed by atoms with Crippen LogP contribution in [0.25, 0.3) is 0 Å². The highest BCUT2D eigenvalue weighted by Crippen LogP contribution is 2.11. The lowest BCUT2D eigenvalue weighted by molar-refractivity contribution is 0.291. The molecule has 0 amide bonds. The van der Waals surface area contributed by atoms with E-state index in [-0.39, 0.29) is 6.61 Å². The molecule has 94 valence electrons. The SMILES string of the molecule is OCCNCc1ccnc(Nc2ccccc2)n1. The van der Waals surface area contributed by atoms with E-state index in [0.29, 0.717) is 19.0 Å². The van der Waals surface area contributed by atoms with Crippen LogP contribution in [0.4, 0.5) is 11.6 Å². The zero-order valence-electron chi connectivity index (χ0n) is 10.0. The van der Waals surface area contributed by atoms with E-state index in [1.54, 1.807) is 6.20 Å². The lowest BCUT2D eigenvalue weighted by Crippen LogP contribution is -2.18. The minimum atomic E-state index is 0.125. The Morgan fingerprint density at radius 2 is 1.94 bits per heavy atom. The van der Waals surface area contributed by atoms with Crippen molar-refractivity contribution in [3.63, 3.8) is 0 Å². The van der Waals surface area contributed by atoms with E-state index in [9.17, 15) is 0 Å². The van der Waals surface area contributed by atoms with Crippen molar-refractivity contribution in [3.05, 3.63) is 48.3 Å². The monoisotopic (exact) mass is 244 g/mol. The standard InChI is InChI=1S/C13H16N4O/c18-9-8-14-10-12-6-7-15-13(17-12)16-11-4-2-1-3-5-11/h1-7,14,18H,8-10H2,(H,15,16,17). The van der Waals surface area contributed by atoms with Crippen molar-refractivity contribution in [2.75, 3.05) is 18.5 Å². The van der Waals surface area contributed by atoms with Crippen LogP contribution >= 0.6 is 0 Å². The first-order valence-corrected chi connectivity index (χ1v) is 5.84. The Labute approximate surface area is 106 Å². The smallest absolute Gasteiger partial charge is 0.227 e. The van der Waals surface area contributed by atoms with E-state index in [4.69, 9.17) is 5.11 Å². The molecule has 0 fully saturated rings. The van der Waals surface area contributed by atoms with E-state index in [2.05, 4.69) is 20.6 Å². The molecule has 3 N–H and O–H groups in total. The summed E-state index contributed by atoms with van der Waals surface area (Å²) in [6.45, 7) is 1.30. The first-order chi connectivity index (χ1) is 8.88. The molecule has 18 heavy (non-hydrogen) atoms. The maximum atomic E-state index is 8.69. The largest absolute Gasteiger partial charge is 0.395 e. The summed E-state index contributed by atoms with van der Waals surface area (Å²) in [5.41, 5.74) is 1.84. The molecule has 0 radical (unpaired) electrons. The molecule has 0 unspecified atom stereocenters. The van der Waals surface area contributed by atoms with Gasteiger partial charge in [0, 0.05) is 25.0 Å². The maximum Gasteiger partial charge on any atom is 0.227 e. The lowest BCUT2D eigenvalue weighted by Gasteiger charge is -2.06. The number of aliphatic hydroxyl groups excluding tert-OH is 1. The topological polar surface area (TPSA) is 70.1 Å². The number of aliphatic hydroxyl groups is 1. The third kappa shape index (κ3) is 3.80. The van der Waals surface area contributed by atoms with Gasteiger partial charge < -0.3 is 15.7 Å². The van der Waals surface area contributed by atoms with Crippen LogP contribution in [0.1, 0.15) is 5.69 Å². The molecule has 5 heteroatoms. The van der Waals surface area contributed by atoms with Crippen LogP contribution < -0.4 is 10.6 Å². The van der Waals surface area contributed by atoms with Gasteiger partial charge in [-0.2, -0.15) is 0 Å². The number of benzene rings is 1. The van der Waals surface area contributed by atoms with E-state index < -0.39 is 0 Å². The average Bonchev–Trinajstić information content (AvgIpc) is 2.41. The van der Waals surface area contributed by atoms with Gasteiger partial charge in [-0.05, 0) is 18.2 Å². The Bertz CT molecular complexity index is 475. The number of hydrogen-bond acceptors (Lipinski definition) is 5. The molecule has 1 aromatic heterocycles. The first-order valence-electron chi connectivity index (χ1n) is 5.84. The van der Waals surface area contributed by atoms with Crippen LogP contribution in [0.3, 0.4) is 0 Å². The highest BCUT2D eigenvalue weighted by Gasteiger charge is 1.99. The second-order valence-corrected chi connectivity index (χ2v) is 3.76. The van der Waals surface area contributed by atoms with Gasteiger partial charge in [0.15, 0.2) is 0 Å². The molecule has 5 nitrogen and oxygen atoms in total. The highest BCUT2D eigenvalue weighted by atomic mass is 16.3. The number of rotatable bonds is 6. The summed E-state index contributed by atoms with van der Waals surface area (Å²) in [6.07, 6.45) is 1.72. The molecule has 1 heterocycles. The number of aromatic nitrogens is 2. The van der Waals surface area contributed by atoms with E-state index >= 15 is 0 Å². The van der Waals surface area contributed by atoms with Gasteiger partial charge in [-0.3, -0.25) is 0 Å². The third-order valence-corrected chi connectivity index (χ3v) is 2.34. The zero-order chi connectivity index (χ0) is 12.6. The summed E-state index contributed by atoms with van der Waals surface area (Å²) < 4.78 is 0. The fourth-order valence-corrected chi connectivity index (χ4v) is 1.50. The Kier molecular flexibility index (Phi) is 4.63. The molecule has 0 bridgehead atoms. The molecular formula is C13H16N4O. The van der Waals surface area contributed by atoms with Crippen LogP contribution in [-0.4, -0.2) is 28.2 Å². The van der Waals surface area contributed by atoms with Crippen molar-refractivity contribution in [1.82, 2.24) is 15.3 Å². The van der Waals surface area contributed by atoms with Gasteiger partial charge in [0.25, 0.3) is 0 Å².